The third-order valence-corrected chi connectivity index (χ3v) is 9.93. The fourth-order valence-electron chi connectivity index (χ4n) is 7.12. The summed E-state index contributed by atoms with van der Waals surface area (Å²) in [7, 11) is 0. The molecule has 0 bridgehead atoms. The van der Waals surface area contributed by atoms with Crippen LogP contribution in [0.5, 0.6) is 0 Å². The standard InChI is InChI=1S/2C16H24/c1-9-8-16(6,7)15-13(5)11(3)10(2)12(4)14(9)15;1-9-8-14-12(4)10(2)11(3)13(5)15(14)16(9,6)7/h2*9H,8H2,1-7H3. The number of hydrogen-bond acceptors (Lipinski definition) is 0. The lowest BCUT2D eigenvalue weighted by molar-refractivity contribution is 0.378. The van der Waals surface area contributed by atoms with Crippen LogP contribution in [0.15, 0.2) is 0 Å². The molecule has 2 aromatic rings. The van der Waals surface area contributed by atoms with Gasteiger partial charge in [0, 0.05) is 0 Å². The van der Waals surface area contributed by atoms with E-state index in [2.05, 4.69) is 96.9 Å². The largest absolute Gasteiger partial charge is 0.0614 e. The van der Waals surface area contributed by atoms with Gasteiger partial charge in [-0.05, 0) is 158 Å². The van der Waals surface area contributed by atoms with E-state index in [-0.39, 0.29) is 0 Å². The van der Waals surface area contributed by atoms with Crippen molar-refractivity contribution in [2.45, 2.75) is 127 Å². The number of rotatable bonds is 0. The van der Waals surface area contributed by atoms with Crippen molar-refractivity contribution in [3.05, 3.63) is 66.8 Å². The Morgan fingerprint density at radius 2 is 1.00 bits per heavy atom. The van der Waals surface area contributed by atoms with Gasteiger partial charge in [0.05, 0.1) is 0 Å². The maximum atomic E-state index is 2.41. The van der Waals surface area contributed by atoms with Gasteiger partial charge in [0.25, 0.3) is 0 Å². The quantitative estimate of drug-likeness (QED) is 0.389. The van der Waals surface area contributed by atoms with Crippen LogP contribution < -0.4 is 0 Å². The van der Waals surface area contributed by atoms with Crippen molar-refractivity contribution in [2.24, 2.45) is 5.92 Å². The molecule has 0 saturated carbocycles. The zero-order chi connectivity index (χ0) is 24.5. The lowest BCUT2D eigenvalue weighted by Crippen LogP contribution is -2.22. The van der Waals surface area contributed by atoms with E-state index < -0.39 is 0 Å². The van der Waals surface area contributed by atoms with E-state index in [1.165, 1.54) is 57.3 Å². The Balaban J connectivity index is 0.000000181. The molecular formula is C32H48. The van der Waals surface area contributed by atoms with Crippen LogP contribution >= 0.6 is 0 Å². The molecule has 2 unspecified atom stereocenters. The zero-order valence-electron chi connectivity index (χ0n) is 23.6. The van der Waals surface area contributed by atoms with E-state index >= 15 is 0 Å². The first-order valence-electron chi connectivity index (χ1n) is 12.8. The highest BCUT2D eigenvalue weighted by Crippen LogP contribution is 2.50. The van der Waals surface area contributed by atoms with Crippen LogP contribution in [0.4, 0.5) is 0 Å². The number of fused-ring (bicyclic) bond motifs is 2. The molecule has 0 amide bonds. The third-order valence-electron chi connectivity index (χ3n) is 9.93. The van der Waals surface area contributed by atoms with Gasteiger partial charge < -0.3 is 0 Å². The smallest absolute Gasteiger partial charge is 0.00692 e. The van der Waals surface area contributed by atoms with Crippen LogP contribution in [0.3, 0.4) is 0 Å². The molecule has 176 valence electrons. The molecule has 0 heterocycles. The molecule has 0 aliphatic heterocycles. The van der Waals surface area contributed by atoms with Crippen LogP contribution in [-0.2, 0) is 17.3 Å². The van der Waals surface area contributed by atoms with Gasteiger partial charge in [0.2, 0.25) is 0 Å². The van der Waals surface area contributed by atoms with Crippen molar-refractivity contribution in [3.63, 3.8) is 0 Å². The van der Waals surface area contributed by atoms with Crippen LogP contribution in [0.2, 0.25) is 0 Å². The van der Waals surface area contributed by atoms with Gasteiger partial charge in [-0.2, -0.15) is 0 Å². The zero-order valence-corrected chi connectivity index (χ0v) is 23.6. The van der Waals surface area contributed by atoms with Gasteiger partial charge in [0.15, 0.2) is 0 Å². The van der Waals surface area contributed by atoms with Gasteiger partial charge in [-0.3, -0.25) is 0 Å². The van der Waals surface area contributed by atoms with Crippen LogP contribution in [0, 0.1) is 61.3 Å². The van der Waals surface area contributed by atoms with Crippen molar-refractivity contribution < 1.29 is 0 Å². The van der Waals surface area contributed by atoms with Crippen LogP contribution in [0.1, 0.15) is 121 Å². The first-order valence-corrected chi connectivity index (χ1v) is 12.8. The Kier molecular flexibility index (Phi) is 6.29. The Hall–Kier alpha value is -1.56. The second kappa shape index (κ2) is 8.03. The highest BCUT2D eigenvalue weighted by molar-refractivity contribution is 5.57. The summed E-state index contributed by atoms with van der Waals surface area (Å²) in [6.45, 7) is 32.7. The van der Waals surface area contributed by atoms with E-state index in [9.17, 15) is 0 Å². The van der Waals surface area contributed by atoms with E-state index in [1.54, 1.807) is 22.3 Å². The van der Waals surface area contributed by atoms with Gasteiger partial charge in [0.1, 0.15) is 0 Å². The van der Waals surface area contributed by atoms with Gasteiger partial charge in [-0.25, -0.2) is 0 Å². The summed E-state index contributed by atoms with van der Waals surface area (Å²) < 4.78 is 0. The second-order valence-corrected chi connectivity index (χ2v) is 12.5. The summed E-state index contributed by atoms with van der Waals surface area (Å²) in [5, 5.41) is 0. The van der Waals surface area contributed by atoms with Gasteiger partial charge in [-0.15, -0.1) is 0 Å². The summed E-state index contributed by atoms with van der Waals surface area (Å²) in [6.07, 6.45) is 2.56. The van der Waals surface area contributed by atoms with E-state index in [1.807, 2.05) is 0 Å². The third kappa shape index (κ3) is 3.57. The van der Waals surface area contributed by atoms with E-state index in [0.717, 1.165) is 11.8 Å². The molecule has 4 rings (SSSR count). The fraction of sp³-hybridized carbons (Fsp3) is 0.625. The highest BCUT2D eigenvalue weighted by atomic mass is 14.4. The molecule has 2 aromatic carbocycles. The predicted octanol–water partition coefficient (Wildman–Crippen LogP) is 9.10. The maximum absolute atomic E-state index is 2.41. The molecule has 0 aromatic heterocycles. The van der Waals surface area contributed by atoms with E-state index in [0.29, 0.717) is 10.8 Å². The Bertz CT molecular complexity index is 1070. The summed E-state index contributed by atoms with van der Waals surface area (Å²) in [5.74, 6) is 1.49. The van der Waals surface area contributed by atoms with E-state index in [4.69, 9.17) is 0 Å². The molecule has 0 N–H and O–H groups in total. The minimum atomic E-state index is 0.350. The predicted molar refractivity (Wildman–Crippen MR) is 143 cm³/mol. The number of hydrogen-bond donors (Lipinski definition) is 0. The Morgan fingerprint density at radius 3 is 1.53 bits per heavy atom. The monoisotopic (exact) mass is 432 g/mol. The molecule has 2 atom stereocenters. The lowest BCUT2D eigenvalue weighted by Gasteiger charge is -2.28. The van der Waals surface area contributed by atoms with Crippen molar-refractivity contribution in [3.8, 4) is 0 Å². The molecule has 0 fully saturated rings. The molecule has 0 saturated heterocycles. The summed E-state index contributed by atoms with van der Waals surface area (Å²) in [6, 6.07) is 0. The topological polar surface area (TPSA) is 0 Å². The summed E-state index contributed by atoms with van der Waals surface area (Å²) in [5.41, 5.74) is 19.4. The minimum Gasteiger partial charge on any atom is -0.0614 e. The van der Waals surface area contributed by atoms with Crippen LogP contribution in [0.25, 0.3) is 0 Å². The van der Waals surface area contributed by atoms with Crippen molar-refractivity contribution in [2.75, 3.05) is 0 Å². The van der Waals surface area contributed by atoms with Gasteiger partial charge >= 0.3 is 0 Å². The molecule has 0 spiro atoms. The molecule has 2 aliphatic rings. The highest BCUT2D eigenvalue weighted by Gasteiger charge is 2.39. The van der Waals surface area contributed by atoms with Crippen molar-refractivity contribution >= 4 is 0 Å². The summed E-state index contributed by atoms with van der Waals surface area (Å²) >= 11 is 0. The molecule has 0 nitrogen and oxygen atoms in total. The average Bonchev–Trinajstić information content (AvgIpc) is 3.09. The molecular weight excluding hydrogens is 384 g/mol. The SMILES string of the molecule is Cc1c(C)c(C)c2c(c1C)C(C)CC2(C)C.Cc1c(C)c(C)c2c(c1C)CC(C)C2(C)C. The maximum Gasteiger partial charge on any atom is -0.00692 e. The summed E-state index contributed by atoms with van der Waals surface area (Å²) in [4.78, 5) is 0. The lowest BCUT2D eigenvalue weighted by atomic mass is 9.76. The molecule has 2 aliphatic carbocycles. The first kappa shape index (κ1) is 25.1. The number of benzene rings is 2. The van der Waals surface area contributed by atoms with Crippen molar-refractivity contribution in [1.29, 1.82) is 0 Å². The van der Waals surface area contributed by atoms with Crippen LogP contribution in [-0.4, -0.2) is 0 Å². The Labute approximate surface area is 199 Å². The minimum absolute atomic E-state index is 0.350. The second-order valence-electron chi connectivity index (χ2n) is 12.5. The van der Waals surface area contributed by atoms with Crippen molar-refractivity contribution in [1.82, 2.24) is 0 Å². The Morgan fingerprint density at radius 1 is 0.562 bits per heavy atom. The van der Waals surface area contributed by atoms with Gasteiger partial charge in [-0.1, -0.05) is 41.5 Å². The first-order chi connectivity index (χ1) is 14.6. The fourth-order valence-corrected chi connectivity index (χ4v) is 7.12. The normalized spacial score (nSPS) is 22.3. The average molecular weight is 433 g/mol. The molecule has 0 heteroatoms. The molecule has 0 radical (unpaired) electrons. The molecule has 32 heavy (non-hydrogen) atoms.